The van der Waals surface area contributed by atoms with Crippen LogP contribution in [0.2, 0.25) is 0 Å². The van der Waals surface area contributed by atoms with Crippen LogP contribution in [0, 0.1) is 0 Å². The number of guanidine groups is 1. The van der Waals surface area contributed by atoms with Gasteiger partial charge in [-0.2, -0.15) is 4.99 Å². The van der Waals surface area contributed by atoms with Crippen molar-refractivity contribution in [2.45, 2.75) is 6.92 Å². The minimum Gasteiger partial charge on any atom is -0.450 e. The van der Waals surface area contributed by atoms with Gasteiger partial charge in [0.25, 0.3) is 0 Å². The molecule has 0 fully saturated rings. The second-order valence-corrected chi connectivity index (χ2v) is 4.81. The Morgan fingerprint density at radius 3 is 2.91 bits per heavy atom. The predicted molar refractivity (Wildman–Crippen MR) is 94.0 cm³/mol. The van der Waals surface area contributed by atoms with Gasteiger partial charge in [-0.05, 0) is 19.1 Å². The van der Waals surface area contributed by atoms with Gasteiger partial charge in [0.1, 0.15) is 0 Å². The van der Waals surface area contributed by atoms with Crippen LogP contribution in [0.5, 0.6) is 0 Å². The van der Waals surface area contributed by atoms with E-state index in [9.17, 15) is 4.79 Å². The summed E-state index contributed by atoms with van der Waals surface area (Å²) in [6.45, 7) is 2.07. The van der Waals surface area contributed by atoms with E-state index in [0.29, 0.717) is 17.4 Å². The smallest absolute Gasteiger partial charge is 0.411 e. The van der Waals surface area contributed by atoms with Crippen LogP contribution in [0.1, 0.15) is 6.92 Å². The number of hydrogen-bond donors (Lipinski definition) is 3. The third kappa shape index (κ3) is 5.01. The number of ether oxygens (including phenoxy) is 1. The Hall–Kier alpha value is -2.13. The lowest BCUT2D eigenvalue weighted by Crippen LogP contribution is -2.21. The second kappa shape index (κ2) is 8.35. The summed E-state index contributed by atoms with van der Waals surface area (Å²) in [6.07, 6.45) is -0.492. The van der Waals surface area contributed by atoms with Gasteiger partial charge in [-0.15, -0.1) is 28.3 Å². The molecule has 0 saturated carbocycles. The van der Waals surface area contributed by atoms with Crippen LogP contribution in [0.15, 0.2) is 34.6 Å². The monoisotopic (exact) mass is 385 g/mol. The number of rotatable bonds is 4. The highest BCUT2D eigenvalue weighted by Gasteiger charge is 2.07. The Morgan fingerprint density at radius 2 is 2.23 bits per heavy atom. The van der Waals surface area contributed by atoms with Crippen molar-refractivity contribution in [3.05, 3.63) is 29.6 Å². The summed E-state index contributed by atoms with van der Waals surface area (Å²) >= 11 is 1.33. The van der Waals surface area contributed by atoms with E-state index in [4.69, 9.17) is 16.2 Å². The highest BCUT2D eigenvalue weighted by molar-refractivity contribution is 8.93. The molecule has 5 N–H and O–H groups in total. The van der Waals surface area contributed by atoms with E-state index in [1.165, 1.54) is 11.3 Å². The largest absolute Gasteiger partial charge is 0.450 e. The van der Waals surface area contributed by atoms with Gasteiger partial charge in [-0.1, -0.05) is 12.1 Å². The summed E-state index contributed by atoms with van der Waals surface area (Å²) in [6, 6.07) is 7.26. The van der Waals surface area contributed by atoms with E-state index >= 15 is 0 Å². The molecule has 9 heteroatoms. The normalized spacial score (nSPS) is 9.50. The minimum atomic E-state index is -0.492. The van der Waals surface area contributed by atoms with Gasteiger partial charge in [0.05, 0.1) is 12.3 Å². The average molecular weight is 386 g/mol. The van der Waals surface area contributed by atoms with Gasteiger partial charge in [0.2, 0.25) is 5.13 Å². The zero-order chi connectivity index (χ0) is 15.2. The van der Waals surface area contributed by atoms with Crippen molar-refractivity contribution in [1.29, 1.82) is 0 Å². The van der Waals surface area contributed by atoms with Crippen molar-refractivity contribution in [2.24, 2.45) is 16.5 Å². The van der Waals surface area contributed by atoms with Crippen molar-refractivity contribution in [2.75, 3.05) is 11.9 Å². The summed E-state index contributed by atoms with van der Waals surface area (Å²) in [7, 11) is 0. The zero-order valence-electron chi connectivity index (χ0n) is 11.8. The van der Waals surface area contributed by atoms with Crippen LogP contribution in [0.25, 0.3) is 11.3 Å². The highest BCUT2D eigenvalue weighted by atomic mass is 79.9. The number of halogens is 1. The van der Waals surface area contributed by atoms with Crippen molar-refractivity contribution in [3.8, 4) is 11.3 Å². The fourth-order valence-corrected chi connectivity index (χ4v) is 2.31. The lowest BCUT2D eigenvalue weighted by Gasteiger charge is -2.06. The molecule has 22 heavy (non-hydrogen) atoms. The van der Waals surface area contributed by atoms with Gasteiger partial charge < -0.3 is 16.2 Å². The minimum absolute atomic E-state index is 0. The molecule has 0 aliphatic heterocycles. The molecule has 0 spiro atoms. The number of nitrogens with two attached hydrogens (primary N) is 2. The van der Waals surface area contributed by atoms with Crippen LogP contribution in [0.4, 0.5) is 15.6 Å². The van der Waals surface area contributed by atoms with Crippen LogP contribution in [-0.4, -0.2) is 23.6 Å². The van der Waals surface area contributed by atoms with Crippen molar-refractivity contribution in [3.63, 3.8) is 0 Å². The topological polar surface area (TPSA) is 116 Å². The van der Waals surface area contributed by atoms with Crippen LogP contribution >= 0.6 is 28.3 Å². The van der Waals surface area contributed by atoms with Gasteiger partial charge >= 0.3 is 6.09 Å². The molecule has 118 valence electrons. The Balaban J connectivity index is 0.00000242. The average Bonchev–Trinajstić information content (AvgIpc) is 2.87. The molecular formula is C13H16BrN5O2S. The van der Waals surface area contributed by atoms with E-state index in [2.05, 4.69) is 15.3 Å². The summed E-state index contributed by atoms with van der Waals surface area (Å²) in [5.41, 5.74) is 12.8. The zero-order valence-corrected chi connectivity index (χ0v) is 14.3. The second-order valence-electron chi connectivity index (χ2n) is 3.98. The highest BCUT2D eigenvalue weighted by Crippen LogP contribution is 2.28. The van der Waals surface area contributed by atoms with Gasteiger partial charge in [-0.3, -0.25) is 5.32 Å². The summed E-state index contributed by atoms with van der Waals surface area (Å²) in [4.78, 5) is 19.6. The molecule has 1 aromatic heterocycles. The quantitative estimate of drug-likeness (QED) is 0.552. The number of nitrogens with zero attached hydrogens (tertiary/aromatic N) is 2. The first-order valence-electron chi connectivity index (χ1n) is 6.18. The van der Waals surface area contributed by atoms with Gasteiger partial charge in [0, 0.05) is 16.6 Å². The Bertz CT molecular complexity index is 670. The molecular weight excluding hydrogens is 370 g/mol. The maximum atomic E-state index is 11.4. The maximum absolute atomic E-state index is 11.4. The number of carbonyl (C=O) groups excluding carboxylic acids is 1. The number of hydrogen-bond acceptors (Lipinski definition) is 5. The first kappa shape index (κ1) is 17.9. The molecule has 0 bridgehead atoms. The van der Waals surface area contributed by atoms with Crippen LogP contribution in [-0.2, 0) is 4.74 Å². The van der Waals surface area contributed by atoms with Crippen LogP contribution in [0.3, 0.4) is 0 Å². The molecule has 0 saturated heterocycles. The molecule has 1 heterocycles. The lowest BCUT2D eigenvalue weighted by atomic mass is 10.1. The molecule has 2 rings (SSSR count). The number of aliphatic imine (C=N–C) groups is 1. The molecule has 1 aromatic carbocycles. The Labute approximate surface area is 142 Å². The van der Waals surface area contributed by atoms with Crippen molar-refractivity contribution in [1.82, 2.24) is 4.98 Å². The van der Waals surface area contributed by atoms with Crippen molar-refractivity contribution >= 4 is 51.2 Å². The molecule has 0 aliphatic carbocycles. The summed E-state index contributed by atoms with van der Waals surface area (Å²) in [5.74, 6) is -0.0337. The van der Waals surface area contributed by atoms with E-state index in [-0.39, 0.29) is 22.9 Å². The molecule has 1 amide bonds. The molecule has 7 nitrogen and oxygen atoms in total. The first-order valence-corrected chi connectivity index (χ1v) is 7.06. The summed E-state index contributed by atoms with van der Waals surface area (Å²) in [5, 5.41) is 4.96. The number of nitrogens with one attached hydrogen (secondary N) is 1. The standard InChI is InChI=1S/C13H15N5O2S.BrH/c1-2-20-13(19)16-9-5-3-4-8(6-9)10-7-21-12(17-10)18-11(14)15;/h3-7H,2H2,1H3,(H,16,19)(H4,14,15,17,18);1H. The predicted octanol–water partition coefficient (Wildman–Crippen LogP) is 2.86. The fraction of sp³-hybridized carbons (Fsp3) is 0.154. The number of thiazole rings is 1. The molecule has 0 radical (unpaired) electrons. The van der Waals surface area contributed by atoms with Crippen molar-refractivity contribution < 1.29 is 9.53 Å². The van der Waals surface area contributed by atoms with Gasteiger partial charge in [0.15, 0.2) is 5.96 Å². The van der Waals surface area contributed by atoms with E-state index < -0.39 is 6.09 Å². The first-order chi connectivity index (χ1) is 10.1. The number of aromatic nitrogens is 1. The SMILES string of the molecule is Br.CCOC(=O)Nc1cccc(-c2csc(N=C(N)N)n2)c1. The van der Waals surface area contributed by atoms with E-state index in [1.807, 2.05) is 17.5 Å². The summed E-state index contributed by atoms with van der Waals surface area (Å²) < 4.78 is 4.83. The molecule has 2 aromatic rings. The van der Waals surface area contributed by atoms with Crippen LogP contribution < -0.4 is 16.8 Å². The fourth-order valence-electron chi connectivity index (χ4n) is 1.60. The number of carbonyl (C=O) groups is 1. The molecule has 0 unspecified atom stereocenters. The Morgan fingerprint density at radius 1 is 1.45 bits per heavy atom. The maximum Gasteiger partial charge on any atom is 0.411 e. The van der Waals surface area contributed by atoms with Gasteiger partial charge in [-0.25, -0.2) is 9.78 Å². The van der Waals surface area contributed by atoms with E-state index in [1.54, 1.807) is 19.1 Å². The molecule has 0 atom stereocenters. The third-order valence-electron chi connectivity index (χ3n) is 2.40. The number of anilines is 1. The number of benzene rings is 1. The van der Waals surface area contributed by atoms with E-state index in [0.717, 1.165) is 11.3 Å². The molecule has 0 aliphatic rings. The Kier molecular flexibility index (Phi) is 6.80. The lowest BCUT2D eigenvalue weighted by molar-refractivity contribution is 0.168. The number of amides is 1. The third-order valence-corrected chi connectivity index (χ3v) is 3.13.